The van der Waals surface area contributed by atoms with E-state index in [1.54, 1.807) is 0 Å². The molecule has 0 bridgehead atoms. The highest BCUT2D eigenvalue weighted by atomic mass is 16.5. The van der Waals surface area contributed by atoms with Gasteiger partial charge in [0, 0.05) is 19.8 Å². The van der Waals surface area contributed by atoms with Crippen LogP contribution in [0.3, 0.4) is 0 Å². The highest BCUT2D eigenvalue weighted by Crippen LogP contribution is 2.43. The van der Waals surface area contributed by atoms with Crippen molar-refractivity contribution in [3.8, 4) is 5.75 Å². The first-order valence-electron chi connectivity index (χ1n) is 13.3. The maximum Gasteiger partial charge on any atom is 0.309 e. The van der Waals surface area contributed by atoms with Crippen LogP contribution >= 0.6 is 0 Å². The van der Waals surface area contributed by atoms with Gasteiger partial charge in [-0.25, -0.2) is 0 Å². The molecule has 2 aromatic rings. The number of carbonyl (C=O) groups excluding carboxylic acids is 1. The zero-order valence-electron chi connectivity index (χ0n) is 23.8. The average Bonchev–Trinajstić information content (AvgIpc) is 2.79. The van der Waals surface area contributed by atoms with E-state index in [2.05, 4.69) is 102 Å². The van der Waals surface area contributed by atoms with Crippen LogP contribution in [0.2, 0.25) is 0 Å². The largest absolute Gasteiger partial charge is 0.507 e. The highest BCUT2D eigenvalue weighted by Gasteiger charge is 2.34. The molecular formula is C31H46N2O3. The number of esters is 1. The fourth-order valence-corrected chi connectivity index (χ4v) is 5.18. The Morgan fingerprint density at radius 1 is 0.972 bits per heavy atom. The number of carbonyl (C=O) groups is 1. The van der Waals surface area contributed by atoms with Gasteiger partial charge in [0.2, 0.25) is 0 Å². The normalized spacial score (nSPS) is 16.6. The molecule has 0 aliphatic carbocycles. The molecule has 0 amide bonds. The maximum atomic E-state index is 12.4. The van der Waals surface area contributed by atoms with Crippen molar-refractivity contribution in [2.24, 2.45) is 5.92 Å². The molecule has 1 N–H and O–H groups in total. The third kappa shape index (κ3) is 6.23. The maximum absolute atomic E-state index is 12.4. The molecule has 1 saturated heterocycles. The van der Waals surface area contributed by atoms with Crippen molar-refractivity contribution in [1.29, 1.82) is 0 Å². The van der Waals surface area contributed by atoms with E-state index in [0.29, 0.717) is 12.4 Å². The third-order valence-electron chi connectivity index (χ3n) is 7.30. The van der Waals surface area contributed by atoms with Crippen LogP contribution in [0.1, 0.15) is 89.6 Å². The lowest BCUT2D eigenvalue weighted by Gasteiger charge is -2.39. The molecule has 198 valence electrons. The standard InChI is InChI=1S/C31H46N2O3/c1-10-36-29(35)22-15-17-33(18-16-22)27(21-11-13-24(14-12-21)32(8)9)23-19-25(30(2,3)4)28(34)26(20-23)31(5,6)7/h11-14,19-20,22,27,34H,10,15-18H2,1-9H3. The highest BCUT2D eigenvalue weighted by molar-refractivity contribution is 5.72. The lowest BCUT2D eigenvalue weighted by molar-refractivity contribution is -0.149. The number of hydrogen-bond donors (Lipinski definition) is 1. The predicted molar refractivity (Wildman–Crippen MR) is 149 cm³/mol. The second-order valence-corrected chi connectivity index (χ2v) is 12.4. The lowest BCUT2D eigenvalue weighted by Crippen LogP contribution is -2.40. The first kappa shape index (κ1) is 28.0. The zero-order chi connectivity index (χ0) is 26.8. The van der Waals surface area contributed by atoms with Crippen LogP contribution in [0.5, 0.6) is 5.75 Å². The number of benzene rings is 2. The molecule has 1 unspecified atom stereocenters. The van der Waals surface area contributed by atoms with Gasteiger partial charge in [0.15, 0.2) is 0 Å². The van der Waals surface area contributed by atoms with Gasteiger partial charge >= 0.3 is 5.97 Å². The van der Waals surface area contributed by atoms with Crippen LogP contribution in [0.4, 0.5) is 5.69 Å². The Kier molecular flexibility index (Phi) is 8.44. The molecule has 36 heavy (non-hydrogen) atoms. The Morgan fingerprint density at radius 2 is 1.47 bits per heavy atom. The summed E-state index contributed by atoms with van der Waals surface area (Å²) in [6.07, 6.45) is 1.59. The van der Waals surface area contributed by atoms with Crippen molar-refractivity contribution >= 4 is 11.7 Å². The number of rotatable bonds is 6. The summed E-state index contributed by atoms with van der Waals surface area (Å²) in [6.45, 7) is 16.9. The monoisotopic (exact) mass is 494 g/mol. The molecule has 0 spiro atoms. The van der Waals surface area contributed by atoms with Gasteiger partial charge in [-0.15, -0.1) is 0 Å². The van der Waals surface area contributed by atoms with Crippen LogP contribution < -0.4 is 4.90 Å². The number of aromatic hydroxyl groups is 1. The summed E-state index contributed by atoms with van der Waals surface area (Å²) >= 11 is 0. The van der Waals surface area contributed by atoms with E-state index < -0.39 is 0 Å². The summed E-state index contributed by atoms with van der Waals surface area (Å²) in [6, 6.07) is 13.2. The molecule has 5 nitrogen and oxygen atoms in total. The number of hydrogen-bond acceptors (Lipinski definition) is 5. The summed E-state index contributed by atoms with van der Waals surface area (Å²) in [5.74, 6) is 0.299. The number of likely N-dealkylation sites (tertiary alicyclic amines) is 1. The van der Waals surface area contributed by atoms with Crippen LogP contribution in [-0.2, 0) is 20.4 Å². The molecular weight excluding hydrogens is 448 g/mol. The number of piperidine rings is 1. The number of phenols is 1. The number of nitrogens with zero attached hydrogens (tertiary/aromatic N) is 2. The summed E-state index contributed by atoms with van der Waals surface area (Å²) < 4.78 is 5.31. The predicted octanol–water partition coefficient (Wildman–Crippen LogP) is 6.42. The lowest BCUT2D eigenvalue weighted by atomic mass is 9.77. The number of phenolic OH excluding ortho intramolecular Hbond substituents is 1. The molecule has 1 aliphatic rings. The molecule has 3 rings (SSSR count). The molecule has 0 saturated carbocycles. The molecule has 1 atom stereocenters. The summed E-state index contributed by atoms with van der Waals surface area (Å²) in [4.78, 5) is 17.0. The topological polar surface area (TPSA) is 53.0 Å². The first-order chi connectivity index (χ1) is 16.7. The smallest absolute Gasteiger partial charge is 0.309 e. The Bertz CT molecular complexity index is 1000. The fourth-order valence-electron chi connectivity index (χ4n) is 5.18. The molecule has 1 heterocycles. The van der Waals surface area contributed by atoms with Gasteiger partial charge in [0.1, 0.15) is 5.75 Å². The van der Waals surface area contributed by atoms with Crippen LogP contribution in [0.25, 0.3) is 0 Å². The van der Waals surface area contributed by atoms with Crippen LogP contribution in [-0.4, -0.2) is 49.8 Å². The Morgan fingerprint density at radius 3 is 1.89 bits per heavy atom. The van der Waals surface area contributed by atoms with Gasteiger partial charge in [0.05, 0.1) is 18.6 Å². The fraction of sp³-hybridized carbons (Fsp3) is 0.581. The van der Waals surface area contributed by atoms with Crippen LogP contribution in [0, 0.1) is 5.92 Å². The minimum atomic E-state index is -0.198. The third-order valence-corrected chi connectivity index (χ3v) is 7.30. The van der Waals surface area contributed by atoms with Crippen molar-refractivity contribution in [2.45, 2.75) is 78.2 Å². The van der Waals surface area contributed by atoms with Gasteiger partial charge in [-0.3, -0.25) is 9.69 Å². The van der Waals surface area contributed by atoms with Crippen molar-refractivity contribution in [1.82, 2.24) is 4.90 Å². The quantitative estimate of drug-likeness (QED) is 0.470. The van der Waals surface area contributed by atoms with E-state index in [4.69, 9.17) is 4.74 Å². The summed E-state index contributed by atoms with van der Waals surface area (Å²) in [5, 5.41) is 11.3. The average molecular weight is 495 g/mol. The molecule has 1 aliphatic heterocycles. The minimum Gasteiger partial charge on any atom is -0.507 e. The van der Waals surface area contributed by atoms with E-state index in [0.717, 1.165) is 42.7 Å². The number of ether oxygens (including phenoxy) is 1. The van der Waals surface area contributed by atoms with Crippen molar-refractivity contribution < 1.29 is 14.6 Å². The summed E-state index contributed by atoms with van der Waals surface area (Å²) in [5.41, 5.74) is 5.13. The molecule has 2 aromatic carbocycles. The SMILES string of the molecule is CCOC(=O)C1CCN(C(c2ccc(N(C)C)cc2)c2cc(C(C)(C)C)c(O)c(C(C)(C)C)c2)CC1. The van der Waals surface area contributed by atoms with E-state index in [9.17, 15) is 9.90 Å². The van der Waals surface area contributed by atoms with Gasteiger partial charge < -0.3 is 14.7 Å². The molecule has 0 radical (unpaired) electrons. The first-order valence-corrected chi connectivity index (χ1v) is 13.3. The van der Waals surface area contributed by atoms with Gasteiger partial charge in [0.25, 0.3) is 0 Å². The minimum absolute atomic E-state index is 0.0342. The van der Waals surface area contributed by atoms with Crippen LogP contribution in [0.15, 0.2) is 36.4 Å². The van der Waals surface area contributed by atoms with Gasteiger partial charge in [-0.05, 0) is 90.2 Å². The van der Waals surface area contributed by atoms with Crippen molar-refractivity contribution in [3.05, 3.63) is 58.7 Å². The summed E-state index contributed by atoms with van der Waals surface area (Å²) in [7, 11) is 4.11. The molecule has 0 aromatic heterocycles. The molecule has 5 heteroatoms. The van der Waals surface area contributed by atoms with E-state index in [1.807, 2.05) is 6.92 Å². The Labute approximate surface area is 218 Å². The number of anilines is 1. The van der Waals surface area contributed by atoms with Crippen molar-refractivity contribution in [3.63, 3.8) is 0 Å². The molecule has 1 fully saturated rings. The Balaban J connectivity index is 2.11. The second kappa shape index (κ2) is 10.8. The Hall–Kier alpha value is -2.53. The van der Waals surface area contributed by atoms with E-state index in [1.165, 1.54) is 11.1 Å². The van der Waals surface area contributed by atoms with Crippen molar-refractivity contribution in [2.75, 3.05) is 38.7 Å². The van der Waals surface area contributed by atoms with Gasteiger partial charge in [-0.2, -0.15) is 0 Å². The van der Waals surface area contributed by atoms with E-state index in [-0.39, 0.29) is 28.8 Å². The van der Waals surface area contributed by atoms with E-state index >= 15 is 0 Å². The van der Waals surface area contributed by atoms with Gasteiger partial charge in [-0.1, -0.05) is 53.7 Å². The second-order valence-electron chi connectivity index (χ2n) is 12.4. The zero-order valence-corrected chi connectivity index (χ0v) is 23.8.